The minimum atomic E-state index is -0.654. The number of aromatic nitrogens is 1. The molecule has 35 heavy (non-hydrogen) atoms. The van der Waals surface area contributed by atoms with Gasteiger partial charge in [-0.15, -0.1) is 0 Å². The Morgan fingerprint density at radius 3 is 2.80 bits per heavy atom. The summed E-state index contributed by atoms with van der Waals surface area (Å²) in [5, 5.41) is 5.11. The van der Waals surface area contributed by atoms with Crippen molar-refractivity contribution in [2.24, 2.45) is 5.73 Å². The molecule has 0 bridgehead atoms. The van der Waals surface area contributed by atoms with Crippen molar-refractivity contribution >= 4 is 23.5 Å². The Kier molecular flexibility index (Phi) is 7.32. The van der Waals surface area contributed by atoms with Gasteiger partial charge < -0.3 is 25.8 Å². The zero-order chi connectivity index (χ0) is 24.8. The third kappa shape index (κ3) is 5.79. The number of carbonyl (C=O) groups is 3. The second kappa shape index (κ2) is 10.7. The van der Waals surface area contributed by atoms with E-state index in [2.05, 4.69) is 15.6 Å². The van der Waals surface area contributed by atoms with Gasteiger partial charge >= 0.3 is 5.97 Å². The fourth-order valence-electron chi connectivity index (χ4n) is 3.60. The van der Waals surface area contributed by atoms with E-state index in [0.29, 0.717) is 28.9 Å². The smallest absolute Gasteiger partial charge is 0.328 e. The quantitative estimate of drug-likeness (QED) is 0.424. The molecular formula is C25H23FN4O5. The lowest BCUT2D eigenvalue weighted by molar-refractivity contribution is -0.141. The number of carbonyl (C=O) groups excluding carboxylic acids is 3. The van der Waals surface area contributed by atoms with Crippen molar-refractivity contribution in [3.8, 4) is 16.9 Å². The van der Waals surface area contributed by atoms with Crippen LogP contribution < -0.4 is 21.1 Å². The van der Waals surface area contributed by atoms with Crippen molar-refractivity contribution in [2.75, 3.05) is 18.5 Å². The standard InChI is InChI=1S/C25H23FN4O5/c26-20-13-28-8-6-21(20)30-24(32)16-4-5-17(12-27)19(11-16)15-2-1-3-18(10-15)35-14-23(31)29-22-7-9-34-25(22)33/h1-6,8,10-11,13,22H,7,9,12,14,27H2,(H,29,31)(H,28,30,32). The van der Waals surface area contributed by atoms with Crippen LogP contribution in [0.15, 0.2) is 60.9 Å². The predicted octanol–water partition coefficient (Wildman–Crippen LogP) is 2.41. The van der Waals surface area contributed by atoms with Gasteiger partial charge in [-0.05, 0) is 47.0 Å². The fourth-order valence-corrected chi connectivity index (χ4v) is 3.60. The maximum Gasteiger partial charge on any atom is 0.328 e. The number of nitrogens with two attached hydrogens (primary N) is 1. The van der Waals surface area contributed by atoms with E-state index in [4.69, 9.17) is 15.2 Å². The van der Waals surface area contributed by atoms with Crippen molar-refractivity contribution in [3.63, 3.8) is 0 Å². The van der Waals surface area contributed by atoms with E-state index in [1.807, 2.05) is 6.07 Å². The first-order valence-electron chi connectivity index (χ1n) is 10.9. The molecule has 0 saturated carbocycles. The molecule has 1 saturated heterocycles. The largest absolute Gasteiger partial charge is 0.484 e. The maximum atomic E-state index is 13.9. The average molecular weight is 478 g/mol. The number of nitrogens with zero attached hydrogens (tertiary/aromatic N) is 1. The molecule has 1 fully saturated rings. The second-order valence-corrected chi connectivity index (χ2v) is 7.78. The Labute approximate surface area is 200 Å². The third-order valence-electron chi connectivity index (χ3n) is 5.40. The lowest BCUT2D eigenvalue weighted by atomic mass is 9.96. The van der Waals surface area contributed by atoms with Gasteiger partial charge in [0.15, 0.2) is 12.4 Å². The lowest BCUT2D eigenvalue weighted by Gasteiger charge is -2.14. The van der Waals surface area contributed by atoms with Crippen molar-refractivity contribution in [1.82, 2.24) is 10.3 Å². The summed E-state index contributed by atoms with van der Waals surface area (Å²) in [7, 11) is 0. The molecule has 1 aromatic heterocycles. The van der Waals surface area contributed by atoms with E-state index in [0.717, 1.165) is 11.8 Å². The third-order valence-corrected chi connectivity index (χ3v) is 5.40. The summed E-state index contributed by atoms with van der Waals surface area (Å²) in [6.07, 6.45) is 2.83. The Hall–Kier alpha value is -4.31. The number of amides is 2. The van der Waals surface area contributed by atoms with Crippen molar-refractivity contribution in [3.05, 3.63) is 77.9 Å². The molecule has 0 radical (unpaired) electrons. The number of esters is 1. The Morgan fingerprint density at radius 1 is 1.20 bits per heavy atom. The molecule has 0 aliphatic carbocycles. The number of benzene rings is 2. The van der Waals surface area contributed by atoms with E-state index in [1.165, 1.54) is 12.3 Å². The molecule has 1 aliphatic rings. The zero-order valence-electron chi connectivity index (χ0n) is 18.6. The van der Waals surface area contributed by atoms with Gasteiger partial charge in [0.05, 0.1) is 18.5 Å². The lowest BCUT2D eigenvalue weighted by Crippen LogP contribution is -2.40. The summed E-state index contributed by atoms with van der Waals surface area (Å²) in [6.45, 7) is 0.225. The highest BCUT2D eigenvalue weighted by Crippen LogP contribution is 2.28. The molecule has 1 unspecified atom stereocenters. The van der Waals surface area contributed by atoms with Crippen LogP contribution in [0.3, 0.4) is 0 Å². The number of anilines is 1. The van der Waals surface area contributed by atoms with Crippen LogP contribution in [0.5, 0.6) is 5.75 Å². The predicted molar refractivity (Wildman–Crippen MR) is 125 cm³/mol. The SMILES string of the molecule is NCc1ccc(C(=O)Nc2ccncc2F)cc1-c1cccc(OCC(=O)NC2CCOC2=O)c1. The highest BCUT2D eigenvalue weighted by Gasteiger charge is 2.27. The molecule has 4 rings (SSSR count). The van der Waals surface area contributed by atoms with Gasteiger partial charge in [-0.2, -0.15) is 0 Å². The first kappa shape index (κ1) is 23.8. The van der Waals surface area contributed by atoms with Gasteiger partial charge in [0, 0.05) is 24.7 Å². The van der Waals surface area contributed by atoms with Crippen LogP contribution >= 0.6 is 0 Å². The van der Waals surface area contributed by atoms with Gasteiger partial charge in [0.1, 0.15) is 11.8 Å². The van der Waals surface area contributed by atoms with Crippen LogP contribution in [0.4, 0.5) is 10.1 Å². The van der Waals surface area contributed by atoms with E-state index in [9.17, 15) is 18.8 Å². The van der Waals surface area contributed by atoms with Crippen LogP contribution in [0, 0.1) is 5.82 Å². The molecule has 180 valence electrons. The zero-order valence-corrected chi connectivity index (χ0v) is 18.6. The summed E-state index contributed by atoms with van der Waals surface area (Å²) >= 11 is 0. The van der Waals surface area contributed by atoms with Crippen LogP contribution in [0.1, 0.15) is 22.3 Å². The molecule has 2 aromatic carbocycles. The first-order chi connectivity index (χ1) is 16.9. The Morgan fingerprint density at radius 2 is 2.06 bits per heavy atom. The number of pyridine rings is 1. The summed E-state index contributed by atoms with van der Waals surface area (Å²) in [6, 6.07) is 12.7. The summed E-state index contributed by atoms with van der Waals surface area (Å²) < 4.78 is 24.3. The van der Waals surface area contributed by atoms with Crippen LogP contribution in [0.25, 0.3) is 11.1 Å². The summed E-state index contributed by atoms with van der Waals surface area (Å²) in [5.74, 6) is -1.61. The van der Waals surface area contributed by atoms with E-state index in [-0.39, 0.29) is 25.4 Å². The molecule has 4 N–H and O–H groups in total. The summed E-state index contributed by atoms with van der Waals surface area (Å²) in [5.41, 5.74) is 8.43. The summed E-state index contributed by atoms with van der Waals surface area (Å²) in [4.78, 5) is 40.0. The van der Waals surface area contributed by atoms with Crippen LogP contribution in [-0.4, -0.2) is 42.0 Å². The van der Waals surface area contributed by atoms with Gasteiger partial charge in [-0.25, -0.2) is 9.18 Å². The number of cyclic esters (lactones) is 1. The van der Waals surface area contributed by atoms with Crippen molar-refractivity contribution in [1.29, 1.82) is 0 Å². The topological polar surface area (TPSA) is 133 Å². The monoisotopic (exact) mass is 478 g/mol. The number of hydrogen-bond acceptors (Lipinski definition) is 7. The number of halogens is 1. The highest BCUT2D eigenvalue weighted by molar-refractivity contribution is 6.05. The van der Waals surface area contributed by atoms with E-state index < -0.39 is 29.6 Å². The number of rotatable bonds is 8. The maximum absolute atomic E-state index is 13.9. The molecule has 10 heteroatoms. The van der Waals surface area contributed by atoms with Gasteiger partial charge in [-0.3, -0.25) is 14.6 Å². The number of ether oxygens (including phenoxy) is 2. The average Bonchev–Trinajstić information content (AvgIpc) is 3.27. The minimum Gasteiger partial charge on any atom is -0.484 e. The highest BCUT2D eigenvalue weighted by atomic mass is 19.1. The molecule has 1 aliphatic heterocycles. The molecule has 0 spiro atoms. The van der Waals surface area contributed by atoms with Crippen molar-refractivity contribution in [2.45, 2.75) is 19.0 Å². The van der Waals surface area contributed by atoms with Crippen molar-refractivity contribution < 1.29 is 28.2 Å². The molecule has 2 heterocycles. The first-order valence-corrected chi connectivity index (χ1v) is 10.9. The molecule has 3 aromatic rings. The van der Waals surface area contributed by atoms with Crippen LogP contribution in [-0.2, 0) is 20.9 Å². The normalized spacial score (nSPS) is 14.8. The van der Waals surface area contributed by atoms with Crippen LogP contribution in [0.2, 0.25) is 0 Å². The Bertz CT molecular complexity index is 1270. The fraction of sp³-hybridized carbons (Fsp3) is 0.200. The molecule has 9 nitrogen and oxygen atoms in total. The number of nitrogens with one attached hydrogen (secondary N) is 2. The second-order valence-electron chi connectivity index (χ2n) is 7.78. The van der Waals surface area contributed by atoms with Gasteiger partial charge in [-0.1, -0.05) is 18.2 Å². The van der Waals surface area contributed by atoms with E-state index in [1.54, 1.807) is 36.4 Å². The number of hydrogen-bond donors (Lipinski definition) is 3. The molecule has 2 amide bonds. The van der Waals surface area contributed by atoms with Gasteiger partial charge in [0.2, 0.25) is 0 Å². The molecule has 1 atom stereocenters. The molecular weight excluding hydrogens is 455 g/mol. The van der Waals surface area contributed by atoms with E-state index >= 15 is 0 Å². The Balaban J connectivity index is 1.49. The van der Waals surface area contributed by atoms with Gasteiger partial charge in [0.25, 0.3) is 11.8 Å². The minimum absolute atomic E-state index is 0.0222.